The van der Waals surface area contributed by atoms with E-state index in [9.17, 15) is 25.2 Å². The number of phenols is 1. The number of esters is 1. The van der Waals surface area contributed by atoms with Gasteiger partial charge in [0, 0.05) is 0 Å². The zero-order valence-corrected chi connectivity index (χ0v) is 12.9. The van der Waals surface area contributed by atoms with Crippen molar-refractivity contribution >= 4 is 5.97 Å². The molecule has 1 aromatic rings. The van der Waals surface area contributed by atoms with Crippen LogP contribution in [0.15, 0.2) is 18.2 Å². The Morgan fingerprint density at radius 2 is 1.92 bits per heavy atom. The largest absolute Gasteiger partial charge is 0.504 e. The van der Waals surface area contributed by atoms with E-state index in [-0.39, 0.29) is 17.9 Å². The van der Waals surface area contributed by atoms with E-state index in [2.05, 4.69) is 0 Å². The van der Waals surface area contributed by atoms with Gasteiger partial charge in [0.15, 0.2) is 11.5 Å². The fourth-order valence-electron chi connectivity index (χ4n) is 2.28. The third kappa shape index (κ3) is 3.60. The van der Waals surface area contributed by atoms with Gasteiger partial charge >= 0.3 is 5.97 Å². The first-order valence-electron chi connectivity index (χ1n) is 7.37. The third-order valence-corrected chi connectivity index (χ3v) is 3.59. The Morgan fingerprint density at radius 3 is 2.54 bits per heavy atom. The first-order chi connectivity index (χ1) is 11.4. The molecule has 1 heterocycles. The molecule has 1 fully saturated rings. The summed E-state index contributed by atoms with van der Waals surface area (Å²) >= 11 is 0. The van der Waals surface area contributed by atoms with Gasteiger partial charge in [-0.15, -0.1) is 0 Å². The normalized spacial score (nSPS) is 30.0. The van der Waals surface area contributed by atoms with Gasteiger partial charge in [0.25, 0.3) is 0 Å². The molecule has 5 atom stereocenters. The summed E-state index contributed by atoms with van der Waals surface area (Å²) in [7, 11) is 0. The van der Waals surface area contributed by atoms with Crippen LogP contribution in [0.3, 0.4) is 0 Å². The predicted octanol–water partition coefficient (Wildman–Crippen LogP) is -1.25. The van der Waals surface area contributed by atoms with Gasteiger partial charge in [0.2, 0.25) is 6.29 Å². The summed E-state index contributed by atoms with van der Waals surface area (Å²) in [5.74, 6) is -1.47. The molecule has 0 amide bonds. The van der Waals surface area contributed by atoms with E-state index in [4.69, 9.17) is 19.3 Å². The van der Waals surface area contributed by atoms with Crippen LogP contribution in [-0.2, 0) is 9.47 Å². The lowest BCUT2D eigenvalue weighted by molar-refractivity contribution is -0.277. The minimum atomic E-state index is -1.63. The number of carbonyl (C=O) groups excluding carboxylic acids is 1. The minimum Gasteiger partial charge on any atom is -0.504 e. The van der Waals surface area contributed by atoms with Crippen molar-refractivity contribution in [2.24, 2.45) is 0 Å². The molecule has 1 aliphatic rings. The van der Waals surface area contributed by atoms with Gasteiger partial charge in [-0.2, -0.15) is 0 Å². The number of aromatic hydroxyl groups is 1. The first-order valence-corrected chi connectivity index (χ1v) is 7.37. The molecule has 134 valence electrons. The van der Waals surface area contributed by atoms with E-state index in [1.807, 2.05) is 0 Å². The van der Waals surface area contributed by atoms with Gasteiger partial charge < -0.3 is 39.7 Å². The Bertz CT molecular complexity index is 574. The predicted molar refractivity (Wildman–Crippen MR) is 78.5 cm³/mol. The molecule has 0 aliphatic carbocycles. The topological polar surface area (TPSA) is 146 Å². The van der Waals surface area contributed by atoms with Crippen molar-refractivity contribution in [1.82, 2.24) is 0 Å². The summed E-state index contributed by atoms with van der Waals surface area (Å²) in [4.78, 5) is 11.7. The molecule has 1 aliphatic heterocycles. The second kappa shape index (κ2) is 7.77. The highest BCUT2D eigenvalue weighted by molar-refractivity contribution is 5.93. The van der Waals surface area contributed by atoms with E-state index in [0.717, 1.165) is 0 Å². The van der Waals surface area contributed by atoms with Gasteiger partial charge in [-0.1, -0.05) is 6.07 Å². The monoisotopic (exact) mass is 344 g/mol. The number of phenolic OH excluding ortho intramolecular Hbond substituents is 1. The summed E-state index contributed by atoms with van der Waals surface area (Å²) < 4.78 is 15.3. The Hall–Kier alpha value is -1.91. The molecule has 0 spiro atoms. The van der Waals surface area contributed by atoms with Crippen LogP contribution in [0.2, 0.25) is 0 Å². The van der Waals surface area contributed by atoms with Crippen molar-refractivity contribution in [1.29, 1.82) is 0 Å². The number of hydrogen-bond donors (Lipinski definition) is 5. The highest BCUT2D eigenvalue weighted by atomic mass is 16.7. The van der Waals surface area contributed by atoms with E-state index < -0.39 is 49.0 Å². The number of carbonyl (C=O) groups is 1. The summed E-state index contributed by atoms with van der Waals surface area (Å²) in [6.45, 7) is 1.12. The third-order valence-electron chi connectivity index (χ3n) is 3.59. The van der Waals surface area contributed by atoms with Gasteiger partial charge in [-0.05, 0) is 19.1 Å². The summed E-state index contributed by atoms with van der Waals surface area (Å²) in [5.41, 5.74) is -0.140. The maximum absolute atomic E-state index is 11.7. The number of rotatable bonds is 5. The average molecular weight is 344 g/mol. The van der Waals surface area contributed by atoms with Crippen LogP contribution in [0.5, 0.6) is 11.5 Å². The summed E-state index contributed by atoms with van der Waals surface area (Å²) in [6.07, 6.45) is -7.39. The van der Waals surface area contributed by atoms with E-state index in [1.165, 1.54) is 18.2 Å². The summed E-state index contributed by atoms with van der Waals surface area (Å²) in [5, 5.41) is 48.6. The molecule has 0 unspecified atom stereocenters. The van der Waals surface area contributed by atoms with Crippen molar-refractivity contribution in [2.75, 3.05) is 13.2 Å². The maximum atomic E-state index is 11.7. The molecule has 5 N–H and O–H groups in total. The van der Waals surface area contributed by atoms with Crippen LogP contribution in [0, 0.1) is 0 Å². The number of aliphatic hydroxyl groups is 4. The molecule has 24 heavy (non-hydrogen) atoms. The van der Waals surface area contributed by atoms with Crippen LogP contribution in [0.25, 0.3) is 0 Å². The standard InChI is InChI=1S/C15H20O9/c1-2-22-14(21)7-4-3-5-8(10(7)17)23-15-13(20)12(19)11(18)9(6-16)24-15/h3-5,9,11-13,15-20H,2,6H2,1H3/t9-,11-,12+,13-,15-/m1/s1. The lowest BCUT2D eigenvalue weighted by Gasteiger charge is -2.39. The lowest BCUT2D eigenvalue weighted by atomic mass is 9.99. The van der Waals surface area contributed by atoms with Gasteiger partial charge in [-0.3, -0.25) is 0 Å². The zero-order chi connectivity index (χ0) is 17.9. The SMILES string of the molecule is CCOC(=O)c1cccc(O[C@@H]2O[C@H](CO)[C@@H](O)[C@H](O)[C@H]2O)c1O. The zero-order valence-electron chi connectivity index (χ0n) is 12.9. The first kappa shape index (κ1) is 18.4. The fraction of sp³-hybridized carbons (Fsp3) is 0.533. The fourth-order valence-corrected chi connectivity index (χ4v) is 2.28. The van der Waals surface area contributed by atoms with Gasteiger partial charge in [0.05, 0.1) is 13.2 Å². The van der Waals surface area contributed by atoms with E-state index in [1.54, 1.807) is 6.92 Å². The molecule has 0 bridgehead atoms. The second-order valence-corrected chi connectivity index (χ2v) is 5.19. The molecule has 9 nitrogen and oxygen atoms in total. The second-order valence-electron chi connectivity index (χ2n) is 5.19. The van der Waals surface area contributed by atoms with Crippen molar-refractivity contribution in [2.45, 2.75) is 37.6 Å². The van der Waals surface area contributed by atoms with Crippen molar-refractivity contribution in [3.8, 4) is 11.5 Å². The molecule has 1 saturated heterocycles. The van der Waals surface area contributed by atoms with E-state index in [0.29, 0.717) is 0 Å². The van der Waals surface area contributed by atoms with Crippen molar-refractivity contribution < 1.29 is 44.5 Å². The molecule has 2 rings (SSSR count). The van der Waals surface area contributed by atoms with Crippen molar-refractivity contribution in [3.63, 3.8) is 0 Å². The van der Waals surface area contributed by atoms with Crippen LogP contribution in [-0.4, -0.2) is 75.4 Å². The number of benzene rings is 1. The molecule has 0 aromatic heterocycles. The van der Waals surface area contributed by atoms with E-state index >= 15 is 0 Å². The molecule has 0 radical (unpaired) electrons. The molecule has 9 heteroatoms. The molecular formula is C15H20O9. The van der Waals surface area contributed by atoms with Gasteiger partial charge in [-0.25, -0.2) is 4.79 Å². The highest BCUT2D eigenvalue weighted by Crippen LogP contribution is 2.33. The van der Waals surface area contributed by atoms with Crippen LogP contribution in [0.1, 0.15) is 17.3 Å². The summed E-state index contributed by atoms with van der Waals surface area (Å²) in [6, 6.07) is 4.07. The number of para-hydroxylation sites is 1. The minimum absolute atomic E-state index is 0.121. The Labute approximate surface area is 137 Å². The highest BCUT2D eigenvalue weighted by Gasteiger charge is 2.45. The molecule has 1 aromatic carbocycles. The lowest BCUT2D eigenvalue weighted by Crippen LogP contribution is -2.60. The smallest absolute Gasteiger partial charge is 0.342 e. The average Bonchev–Trinajstić information content (AvgIpc) is 2.57. The quantitative estimate of drug-likeness (QED) is 0.413. The van der Waals surface area contributed by atoms with Crippen LogP contribution in [0.4, 0.5) is 0 Å². The maximum Gasteiger partial charge on any atom is 0.342 e. The number of aliphatic hydroxyl groups excluding tert-OH is 4. The Morgan fingerprint density at radius 1 is 1.21 bits per heavy atom. The van der Waals surface area contributed by atoms with Gasteiger partial charge in [0.1, 0.15) is 30.0 Å². The van der Waals surface area contributed by atoms with Crippen LogP contribution >= 0.6 is 0 Å². The molecular weight excluding hydrogens is 324 g/mol. The van der Waals surface area contributed by atoms with Crippen LogP contribution < -0.4 is 4.74 Å². The number of ether oxygens (including phenoxy) is 3. The molecule has 0 saturated carbocycles. The van der Waals surface area contributed by atoms with Crippen molar-refractivity contribution in [3.05, 3.63) is 23.8 Å². The Balaban J connectivity index is 2.21. The number of hydrogen-bond acceptors (Lipinski definition) is 9. The Kier molecular flexibility index (Phi) is 5.97.